The van der Waals surface area contributed by atoms with E-state index in [4.69, 9.17) is 4.74 Å². The Morgan fingerprint density at radius 2 is 1.72 bits per heavy atom. The smallest absolute Gasteiger partial charge is 0.191 e. The first kappa shape index (κ1) is 25.2. The lowest BCUT2D eigenvalue weighted by Crippen LogP contribution is -2.40. The van der Waals surface area contributed by atoms with Crippen LogP contribution in [0.5, 0.6) is 5.75 Å². The first-order valence-electron chi connectivity index (χ1n) is 10.4. The minimum absolute atomic E-state index is 0.290. The summed E-state index contributed by atoms with van der Waals surface area (Å²) < 4.78 is 28.6. The van der Waals surface area contributed by atoms with Gasteiger partial charge in [0, 0.05) is 38.0 Å². The number of nitrogens with zero attached hydrogens (tertiary/aromatic N) is 2. The lowest BCUT2D eigenvalue weighted by atomic mass is 10.2. The molecule has 0 aliphatic carbocycles. The molecule has 1 aromatic rings. The fourth-order valence-electron chi connectivity index (χ4n) is 3.02. The summed E-state index contributed by atoms with van der Waals surface area (Å²) in [6.45, 7) is 14.6. The predicted molar refractivity (Wildman–Crippen MR) is 121 cm³/mol. The van der Waals surface area contributed by atoms with E-state index in [1.165, 1.54) is 6.26 Å². The molecule has 0 unspecified atom stereocenters. The second kappa shape index (κ2) is 12.7. The molecule has 29 heavy (non-hydrogen) atoms. The van der Waals surface area contributed by atoms with Crippen LogP contribution in [0, 0.1) is 0 Å². The molecule has 2 N–H and O–H groups in total. The van der Waals surface area contributed by atoms with Crippen molar-refractivity contribution in [1.82, 2.24) is 15.5 Å². The molecule has 0 aliphatic rings. The van der Waals surface area contributed by atoms with E-state index in [0.29, 0.717) is 31.0 Å². The average molecular weight is 427 g/mol. The number of rotatable bonds is 12. The van der Waals surface area contributed by atoms with Gasteiger partial charge in [-0.1, -0.05) is 0 Å². The summed E-state index contributed by atoms with van der Waals surface area (Å²) >= 11 is 0. The zero-order valence-corrected chi connectivity index (χ0v) is 19.6. The van der Waals surface area contributed by atoms with Gasteiger partial charge < -0.3 is 15.4 Å². The second-order valence-electron chi connectivity index (χ2n) is 7.56. The largest absolute Gasteiger partial charge is 0.492 e. The monoisotopic (exact) mass is 426 g/mol. The number of aliphatic imine (C=N–C) groups is 1. The Bertz CT molecular complexity index is 708. The molecule has 0 spiro atoms. The summed E-state index contributed by atoms with van der Waals surface area (Å²) in [6, 6.07) is 7.53. The summed E-state index contributed by atoms with van der Waals surface area (Å²) in [7, 11) is -3.18. The van der Waals surface area contributed by atoms with E-state index >= 15 is 0 Å². The van der Waals surface area contributed by atoms with Gasteiger partial charge in [0.15, 0.2) is 15.8 Å². The quantitative estimate of drug-likeness (QED) is 0.304. The Labute approximate surface area is 176 Å². The second-order valence-corrected chi connectivity index (χ2v) is 9.57. The molecule has 0 heterocycles. The highest BCUT2D eigenvalue weighted by Crippen LogP contribution is 2.15. The van der Waals surface area contributed by atoms with Crippen LogP contribution >= 0.6 is 0 Å². The van der Waals surface area contributed by atoms with Crippen molar-refractivity contribution in [2.24, 2.45) is 4.99 Å². The fourth-order valence-corrected chi connectivity index (χ4v) is 3.65. The number of hydrogen-bond donors (Lipinski definition) is 2. The zero-order chi connectivity index (χ0) is 21.9. The molecule has 0 radical (unpaired) electrons. The van der Waals surface area contributed by atoms with Crippen LogP contribution in [0.15, 0.2) is 34.2 Å². The number of benzene rings is 1. The normalized spacial score (nSPS) is 12.7. The van der Waals surface area contributed by atoms with Crippen molar-refractivity contribution in [3.8, 4) is 5.75 Å². The molecular weight excluding hydrogens is 388 g/mol. The van der Waals surface area contributed by atoms with Crippen molar-refractivity contribution in [2.75, 3.05) is 39.0 Å². The van der Waals surface area contributed by atoms with Gasteiger partial charge in [-0.3, -0.25) is 9.89 Å². The lowest BCUT2D eigenvalue weighted by molar-refractivity contribution is 0.174. The highest BCUT2D eigenvalue weighted by Gasteiger charge is 2.12. The summed E-state index contributed by atoms with van der Waals surface area (Å²) in [5.41, 5.74) is 0. The van der Waals surface area contributed by atoms with Gasteiger partial charge in [0.1, 0.15) is 12.4 Å². The molecule has 7 nitrogen and oxygen atoms in total. The third kappa shape index (κ3) is 9.99. The Hall–Kier alpha value is -1.80. The van der Waals surface area contributed by atoms with Gasteiger partial charge in [-0.05, 0) is 65.3 Å². The van der Waals surface area contributed by atoms with Gasteiger partial charge in [0.2, 0.25) is 0 Å². The average Bonchev–Trinajstić information content (AvgIpc) is 2.63. The van der Waals surface area contributed by atoms with Crippen LogP contribution in [-0.2, 0) is 9.84 Å². The summed E-state index contributed by atoms with van der Waals surface area (Å²) in [5.74, 6) is 1.42. The van der Waals surface area contributed by atoms with Crippen molar-refractivity contribution in [3.63, 3.8) is 0 Å². The first-order valence-corrected chi connectivity index (χ1v) is 12.2. The van der Waals surface area contributed by atoms with E-state index in [-0.39, 0.29) is 4.90 Å². The van der Waals surface area contributed by atoms with Crippen molar-refractivity contribution in [2.45, 2.75) is 58.0 Å². The van der Waals surface area contributed by atoms with Crippen molar-refractivity contribution in [3.05, 3.63) is 24.3 Å². The van der Waals surface area contributed by atoms with E-state index < -0.39 is 9.84 Å². The number of sulfone groups is 1. The number of nitrogens with one attached hydrogen (secondary N) is 2. The van der Waals surface area contributed by atoms with Crippen LogP contribution in [0.25, 0.3) is 0 Å². The SMILES string of the molecule is CCNC(=NCCCN(C(C)C)C(C)C)NCCOc1ccc(S(C)(=O)=O)cc1. The van der Waals surface area contributed by atoms with Crippen LogP contribution in [0.1, 0.15) is 41.0 Å². The van der Waals surface area contributed by atoms with Crippen molar-refractivity contribution < 1.29 is 13.2 Å². The van der Waals surface area contributed by atoms with E-state index in [1.54, 1.807) is 24.3 Å². The van der Waals surface area contributed by atoms with Crippen LogP contribution in [0.2, 0.25) is 0 Å². The third-order valence-corrected chi connectivity index (χ3v) is 5.56. The van der Waals surface area contributed by atoms with Gasteiger partial charge in [-0.25, -0.2) is 8.42 Å². The Balaban J connectivity index is 2.41. The molecule has 166 valence electrons. The molecule has 0 bridgehead atoms. The van der Waals surface area contributed by atoms with E-state index in [9.17, 15) is 8.42 Å². The molecule has 0 fully saturated rings. The lowest BCUT2D eigenvalue weighted by Gasteiger charge is -2.30. The van der Waals surface area contributed by atoms with Crippen LogP contribution < -0.4 is 15.4 Å². The van der Waals surface area contributed by atoms with Gasteiger partial charge in [0.05, 0.1) is 11.4 Å². The van der Waals surface area contributed by atoms with Gasteiger partial charge in [0.25, 0.3) is 0 Å². The van der Waals surface area contributed by atoms with Crippen LogP contribution in [-0.4, -0.2) is 70.4 Å². The molecule has 0 amide bonds. The van der Waals surface area contributed by atoms with Gasteiger partial charge >= 0.3 is 0 Å². The number of hydrogen-bond acceptors (Lipinski definition) is 5. The Morgan fingerprint density at radius 3 is 2.24 bits per heavy atom. The third-order valence-electron chi connectivity index (χ3n) is 4.43. The number of ether oxygens (including phenoxy) is 1. The van der Waals surface area contributed by atoms with Crippen LogP contribution in [0.4, 0.5) is 0 Å². The Morgan fingerprint density at radius 1 is 1.10 bits per heavy atom. The molecule has 0 aromatic heterocycles. The van der Waals surface area contributed by atoms with E-state index in [2.05, 4.69) is 48.2 Å². The molecule has 1 rings (SSSR count). The molecule has 0 aliphatic heterocycles. The summed E-state index contributed by atoms with van der Waals surface area (Å²) in [5, 5.41) is 6.51. The maximum atomic E-state index is 11.5. The minimum atomic E-state index is -3.18. The zero-order valence-electron chi connectivity index (χ0n) is 18.7. The van der Waals surface area contributed by atoms with Crippen molar-refractivity contribution in [1.29, 1.82) is 0 Å². The predicted octanol–water partition coefficient (Wildman–Crippen LogP) is 2.53. The Kier molecular flexibility index (Phi) is 11.0. The van der Waals surface area contributed by atoms with E-state index in [1.807, 2.05) is 6.92 Å². The maximum absolute atomic E-state index is 11.5. The highest BCUT2D eigenvalue weighted by molar-refractivity contribution is 7.90. The highest BCUT2D eigenvalue weighted by atomic mass is 32.2. The molecule has 8 heteroatoms. The molecule has 0 atom stereocenters. The van der Waals surface area contributed by atoms with Gasteiger partial charge in [-0.2, -0.15) is 0 Å². The number of guanidine groups is 1. The molecular formula is C21H38N4O3S. The standard InChI is InChI=1S/C21H38N4O3S/c1-7-22-21(23-13-8-15-25(17(2)3)18(4)5)24-14-16-28-19-9-11-20(12-10-19)29(6,26)27/h9-12,17-18H,7-8,13-16H2,1-6H3,(H2,22,23,24). The minimum Gasteiger partial charge on any atom is -0.492 e. The summed E-state index contributed by atoms with van der Waals surface area (Å²) in [4.78, 5) is 7.39. The first-order chi connectivity index (χ1) is 13.6. The van der Waals surface area contributed by atoms with Gasteiger partial charge in [-0.15, -0.1) is 0 Å². The maximum Gasteiger partial charge on any atom is 0.191 e. The topological polar surface area (TPSA) is 83.0 Å². The van der Waals surface area contributed by atoms with Crippen LogP contribution in [0.3, 0.4) is 0 Å². The van der Waals surface area contributed by atoms with Crippen molar-refractivity contribution >= 4 is 15.8 Å². The fraction of sp³-hybridized carbons (Fsp3) is 0.667. The molecule has 1 aromatic carbocycles. The molecule has 0 saturated heterocycles. The summed E-state index contributed by atoms with van der Waals surface area (Å²) in [6.07, 6.45) is 2.20. The van der Waals surface area contributed by atoms with E-state index in [0.717, 1.165) is 32.0 Å². The molecule has 0 saturated carbocycles.